The molecule has 0 saturated carbocycles. The number of halogens is 1. The van der Waals surface area contributed by atoms with Crippen LogP contribution in [0.3, 0.4) is 0 Å². The van der Waals surface area contributed by atoms with Crippen LogP contribution in [0.1, 0.15) is 12.5 Å². The maximum absolute atomic E-state index is 12.4. The summed E-state index contributed by atoms with van der Waals surface area (Å²) in [5, 5.41) is 3.39. The Bertz CT molecular complexity index is 825. The Kier molecular flexibility index (Phi) is 11.1. The number of guanidine groups is 1. The van der Waals surface area contributed by atoms with E-state index in [2.05, 4.69) is 34.2 Å². The van der Waals surface area contributed by atoms with Crippen molar-refractivity contribution >= 4 is 46.4 Å². The second-order valence-electron chi connectivity index (χ2n) is 7.18. The molecule has 31 heavy (non-hydrogen) atoms. The minimum Gasteiger partial charge on any atom is -0.497 e. The van der Waals surface area contributed by atoms with Gasteiger partial charge in [0.25, 0.3) is 0 Å². The number of aliphatic imine (C=N–C) groups is 1. The Hall–Kier alpha value is -1.81. The summed E-state index contributed by atoms with van der Waals surface area (Å²) in [6.45, 7) is 7.17. The number of piperazine rings is 1. The predicted molar refractivity (Wildman–Crippen MR) is 141 cm³/mol. The Morgan fingerprint density at radius 3 is 2.35 bits per heavy atom. The van der Waals surface area contributed by atoms with E-state index in [9.17, 15) is 4.21 Å². The molecule has 2 aromatic rings. The highest BCUT2D eigenvalue weighted by Gasteiger charge is 2.20. The third kappa shape index (κ3) is 7.99. The summed E-state index contributed by atoms with van der Waals surface area (Å²) >= 11 is 0. The number of methoxy groups -OCH3 is 1. The molecule has 0 spiro atoms. The molecule has 1 aliphatic heterocycles. The highest BCUT2D eigenvalue weighted by Crippen LogP contribution is 2.20. The summed E-state index contributed by atoms with van der Waals surface area (Å²) < 4.78 is 17.6. The maximum Gasteiger partial charge on any atom is 0.194 e. The molecule has 0 aromatic heterocycles. The molecule has 8 heteroatoms. The zero-order valence-electron chi connectivity index (χ0n) is 18.3. The van der Waals surface area contributed by atoms with Gasteiger partial charge in [0.15, 0.2) is 5.96 Å². The normalized spacial score (nSPS) is 15.2. The summed E-state index contributed by atoms with van der Waals surface area (Å²) in [6, 6.07) is 18.2. The number of anilines is 1. The van der Waals surface area contributed by atoms with Gasteiger partial charge in [0.1, 0.15) is 5.75 Å². The smallest absolute Gasteiger partial charge is 0.194 e. The summed E-state index contributed by atoms with van der Waals surface area (Å²) in [5.74, 6) is 2.97. The fourth-order valence-corrected chi connectivity index (χ4v) is 4.48. The average molecular weight is 557 g/mol. The lowest BCUT2D eigenvalue weighted by molar-refractivity contribution is 0.373. The Morgan fingerprint density at radius 1 is 1.06 bits per heavy atom. The van der Waals surface area contributed by atoms with E-state index in [0.29, 0.717) is 18.1 Å². The fraction of sp³-hybridized carbons (Fsp3) is 0.435. The van der Waals surface area contributed by atoms with Gasteiger partial charge in [-0.1, -0.05) is 30.3 Å². The summed E-state index contributed by atoms with van der Waals surface area (Å²) in [4.78, 5) is 9.42. The number of ether oxygens (including phenoxy) is 1. The quantitative estimate of drug-likeness (QED) is 0.307. The molecule has 1 N–H and O–H groups in total. The van der Waals surface area contributed by atoms with E-state index in [1.165, 1.54) is 5.69 Å². The van der Waals surface area contributed by atoms with Gasteiger partial charge in [0.2, 0.25) is 0 Å². The molecule has 1 saturated heterocycles. The van der Waals surface area contributed by atoms with Crippen LogP contribution in [0.15, 0.2) is 59.6 Å². The van der Waals surface area contributed by atoms with E-state index in [1.54, 1.807) is 7.11 Å². The summed E-state index contributed by atoms with van der Waals surface area (Å²) in [6.07, 6.45) is 0. The van der Waals surface area contributed by atoms with Crippen LogP contribution in [-0.2, 0) is 16.6 Å². The number of benzene rings is 2. The van der Waals surface area contributed by atoms with Gasteiger partial charge < -0.3 is 19.9 Å². The van der Waals surface area contributed by atoms with Crippen LogP contribution in [0.5, 0.6) is 5.75 Å². The number of rotatable bonds is 8. The maximum atomic E-state index is 12.4. The topological polar surface area (TPSA) is 57.2 Å². The van der Waals surface area contributed by atoms with E-state index >= 15 is 0 Å². The van der Waals surface area contributed by atoms with Gasteiger partial charge in [-0.05, 0) is 36.8 Å². The molecule has 1 heterocycles. The Labute approximate surface area is 205 Å². The zero-order valence-corrected chi connectivity index (χ0v) is 21.5. The van der Waals surface area contributed by atoms with Crippen LogP contribution in [0.4, 0.5) is 5.69 Å². The van der Waals surface area contributed by atoms with Crippen molar-refractivity contribution in [1.82, 2.24) is 10.2 Å². The van der Waals surface area contributed by atoms with E-state index in [0.717, 1.165) is 50.0 Å². The molecule has 2 aromatic carbocycles. The first-order valence-corrected chi connectivity index (χ1v) is 12.0. The van der Waals surface area contributed by atoms with Gasteiger partial charge >= 0.3 is 0 Å². The third-order valence-electron chi connectivity index (χ3n) is 5.10. The first-order valence-electron chi connectivity index (χ1n) is 10.5. The lowest BCUT2D eigenvalue weighted by Crippen LogP contribution is -2.52. The van der Waals surface area contributed by atoms with Crippen molar-refractivity contribution < 1.29 is 8.95 Å². The van der Waals surface area contributed by atoms with Crippen LogP contribution in [0, 0.1) is 0 Å². The van der Waals surface area contributed by atoms with Crippen LogP contribution in [0.25, 0.3) is 0 Å². The highest BCUT2D eigenvalue weighted by atomic mass is 127. The molecule has 1 unspecified atom stereocenters. The van der Waals surface area contributed by atoms with Crippen molar-refractivity contribution in [3.05, 3.63) is 60.2 Å². The van der Waals surface area contributed by atoms with Crippen molar-refractivity contribution in [3.8, 4) is 5.75 Å². The van der Waals surface area contributed by atoms with Crippen LogP contribution < -0.4 is 15.0 Å². The monoisotopic (exact) mass is 556 g/mol. The molecule has 0 amide bonds. The van der Waals surface area contributed by atoms with Gasteiger partial charge in [-0.3, -0.25) is 9.20 Å². The van der Waals surface area contributed by atoms with Gasteiger partial charge in [-0.25, -0.2) is 0 Å². The molecule has 1 atom stereocenters. The number of nitrogens with zero attached hydrogens (tertiary/aromatic N) is 3. The molecule has 1 aliphatic rings. The van der Waals surface area contributed by atoms with Crippen LogP contribution in [-0.4, -0.2) is 67.2 Å². The molecular formula is C23H33IN4O2S. The zero-order chi connectivity index (χ0) is 21.2. The lowest BCUT2D eigenvalue weighted by Gasteiger charge is -2.37. The predicted octanol–water partition coefficient (Wildman–Crippen LogP) is 3.35. The van der Waals surface area contributed by atoms with Gasteiger partial charge in [0, 0.05) is 60.7 Å². The van der Waals surface area contributed by atoms with Crippen molar-refractivity contribution in [2.45, 2.75) is 12.7 Å². The summed E-state index contributed by atoms with van der Waals surface area (Å²) in [7, 11) is 0.785. The minimum absolute atomic E-state index is 0. The second kappa shape index (κ2) is 13.6. The Morgan fingerprint density at radius 2 is 1.74 bits per heavy atom. The molecule has 1 fully saturated rings. The van der Waals surface area contributed by atoms with Crippen molar-refractivity contribution in [3.63, 3.8) is 0 Å². The molecule has 0 aliphatic carbocycles. The number of hydrogen-bond donors (Lipinski definition) is 1. The van der Waals surface area contributed by atoms with Crippen LogP contribution in [0.2, 0.25) is 0 Å². The highest BCUT2D eigenvalue weighted by molar-refractivity contribution is 14.0. The van der Waals surface area contributed by atoms with E-state index in [4.69, 9.17) is 9.73 Å². The lowest BCUT2D eigenvalue weighted by atomic mass is 10.2. The molecular weight excluding hydrogens is 523 g/mol. The molecule has 0 bridgehead atoms. The largest absolute Gasteiger partial charge is 0.497 e. The van der Waals surface area contributed by atoms with Crippen molar-refractivity contribution in [2.24, 2.45) is 4.99 Å². The van der Waals surface area contributed by atoms with E-state index < -0.39 is 10.8 Å². The Balaban J connectivity index is 0.00000341. The SMILES string of the molecule is CCNC(=NCCS(=O)Cc1ccccc1)N1CCN(c2ccc(OC)cc2)CC1.I. The fourth-order valence-electron chi connectivity index (χ4n) is 3.48. The van der Waals surface area contributed by atoms with Gasteiger partial charge in [-0.15, -0.1) is 24.0 Å². The van der Waals surface area contributed by atoms with Gasteiger partial charge in [-0.2, -0.15) is 0 Å². The van der Waals surface area contributed by atoms with Crippen molar-refractivity contribution in [2.75, 3.05) is 57.0 Å². The molecule has 170 valence electrons. The standard InChI is InChI=1S/C23H32N4O2S.HI/c1-3-24-23(25-13-18-30(28)19-20-7-5-4-6-8-20)27-16-14-26(15-17-27)21-9-11-22(29-2)12-10-21;/h4-12H,3,13-19H2,1-2H3,(H,24,25);1H. The average Bonchev–Trinajstić information content (AvgIpc) is 2.79. The second-order valence-corrected chi connectivity index (χ2v) is 8.76. The summed E-state index contributed by atoms with van der Waals surface area (Å²) in [5.41, 5.74) is 2.33. The van der Waals surface area contributed by atoms with E-state index in [-0.39, 0.29) is 24.0 Å². The van der Waals surface area contributed by atoms with Crippen LogP contribution >= 0.6 is 24.0 Å². The molecule has 0 radical (unpaired) electrons. The number of nitrogens with one attached hydrogen (secondary N) is 1. The van der Waals surface area contributed by atoms with E-state index in [1.807, 2.05) is 42.5 Å². The third-order valence-corrected chi connectivity index (χ3v) is 6.40. The van der Waals surface area contributed by atoms with Crippen molar-refractivity contribution in [1.29, 1.82) is 0 Å². The first kappa shape index (κ1) is 25.5. The number of hydrogen-bond acceptors (Lipinski definition) is 4. The molecule has 3 rings (SSSR count). The molecule has 6 nitrogen and oxygen atoms in total. The van der Waals surface area contributed by atoms with Gasteiger partial charge in [0.05, 0.1) is 13.7 Å². The first-order chi connectivity index (χ1) is 14.7. The minimum atomic E-state index is -0.902.